The van der Waals surface area contributed by atoms with Crippen molar-refractivity contribution in [3.8, 4) is 0 Å². The van der Waals surface area contributed by atoms with Gasteiger partial charge in [-0.2, -0.15) is 0 Å². The van der Waals surface area contributed by atoms with Gasteiger partial charge in [-0.3, -0.25) is 4.79 Å². The maximum atomic E-state index is 13.3. The van der Waals surface area contributed by atoms with E-state index in [9.17, 15) is 9.90 Å². The summed E-state index contributed by atoms with van der Waals surface area (Å²) in [7, 11) is 0. The minimum Gasteiger partial charge on any atom is -0.385 e. The molecule has 0 spiro atoms. The fraction of sp³-hybridized carbons (Fsp3) is 0.300. The summed E-state index contributed by atoms with van der Waals surface area (Å²) in [6.45, 7) is 0.896. The first kappa shape index (κ1) is 18.6. The van der Waals surface area contributed by atoms with Crippen molar-refractivity contribution in [2.45, 2.75) is 24.5 Å². The monoisotopic (exact) mass is 397 g/mol. The second-order valence-corrected chi connectivity index (χ2v) is 7.40. The summed E-state index contributed by atoms with van der Waals surface area (Å²) in [4.78, 5) is 15.1. The Labute approximate surface area is 167 Å². The zero-order valence-corrected chi connectivity index (χ0v) is 15.9. The van der Waals surface area contributed by atoms with E-state index in [0.29, 0.717) is 31.0 Å². The van der Waals surface area contributed by atoms with Gasteiger partial charge in [-0.05, 0) is 46.5 Å². The Morgan fingerprint density at radius 2 is 1.75 bits per heavy atom. The molecule has 144 valence electrons. The summed E-state index contributed by atoms with van der Waals surface area (Å²) >= 11 is 5.95. The summed E-state index contributed by atoms with van der Waals surface area (Å²) in [5.74, 6) is -0.0864. The lowest BCUT2D eigenvalue weighted by Gasteiger charge is -2.39. The molecule has 1 aliphatic rings. The van der Waals surface area contributed by atoms with Gasteiger partial charge in [0.25, 0.3) is 5.91 Å². The highest BCUT2D eigenvalue weighted by Gasteiger charge is 2.38. The second kappa shape index (κ2) is 7.69. The van der Waals surface area contributed by atoms with Crippen LogP contribution in [0.4, 0.5) is 0 Å². The van der Waals surface area contributed by atoms with E-state index < -0.39 is 11.6 Å². The van der Waals surface area contributed by atoms with Crippen molar-refractivity contribution in [3.63, 3.8) is 0 Å². The van der Waals surface area contributed by atoms with Crippen LogP contribution in [0.2, 0.25) is 5.02 Å². The fourth-order valence-electron chi connectivity index (χ4n) is 3.65. The smallest absolute Gasteiger partial charge is 0.252 e. The van der Waals surface area contributed by atoms with Crippen LogP contribution >= 0.6 is 11.6 Å². The summed E-state index contributed by atoms with van der Waals surface area (Å²) in [6, 6.07) is 16.0. The molecular weight excluding hydrogens is 378 g/mol. The average molecular weight is 398 g/mol. The van der Waals surface area contributed by atoms with Gasteiger partial charge >= 0.3 is 0 Å². The van der Waals surface area contributed by atoms with Gasteiger partial charge in [0.05, 0.1) is 5.60 Å². The van der Waals surface area contributed by atoms with Crippen molar-refractivity contribution in [1.29, 1.82) is 0 Å². The molecule has 0 radical (unpaired) electrons. The first-order chi connectivity index (χ1) is 13.6. The number of halogens is 1. The molecule has 7 nitrogen and oxygen atoms in total. The van der Waals surface area contributed by atoms with Crippen LogP contribution in [-0.4, -0.2) is 49.2 Å². The minimum atomic E-state index is -0.960. The molecule has 0 aliphatic carbocycles. The van der Waals surface area contributed by atoms with Gasteiger partial charge in [0.15, 0.2) is 6.04 Å². The van der Waals surface area contributed by atoms with E-state index in [1.165, 1.54) is 11.0 Å². The van der Waals surface area contributed by atoms with Crippen molar-refractivity contribution < 1.29 is 9.90 Å². The predicted molar refractivity (Wildman–Crippen MR) is 104 cm³/mol. The highest BCUT2D eigenvalue weighted by molar-refractivity contribution is 6.30. The maximum absolute atomic E-state index is 13.3. The fourth-order valence-corrected chi connectivity index (χ4v) is 3.78. The molecule has 8 heteroatoms. The lowest BCUT2D eigenvalue weighted by atomic mass is 9.84. The second-order valence-electron chi connectivity index (χ2n) is 6.97. The minimum absolute atomic E-state index is 0.0864. The molecule has 2 aromatic carbocycles. The number of rotatable bonds is 4. The van der Waals surface area contributed by atoms with Crippen molar-refractivity contribution in [2.75, 3.05) is 13.1 Å². The van der Waals surface area contributed by atoms with Crippen molar-refractivity contribution in [2.24, 2.45) is 0 Å². The highest BCUT2D eigenvalue weighted by atomic mass is 35.5. The van der Waals surface area contributed by atoms with Crippen LogP contribution in [0.3, 0.4) is 0 Å². The Balaban J connectivity index is 1.53. The number of hydrogen-bond acceptors (Lipinski definition) is 5. The molecule has 0 unspecified atom stereocenters. The van der Waals surface area contributed by atoms with E-state index in [0.717, 1.165) is 11.1 Å². The van der Waals surface area contributed by atoms with Crippen LogP contribution < -0.4 is 0 Å². The third-order valence-corrected chi connectivity index (χ3v) is 5.51. The molecule has 2 heterocycles. The first-order valence-electron chi connectivity index (χ1n) is 9.11. The molecule has 28 heavy (non-hydrogen) atoms. The molecular formula is C20H20ClN5O2. The molecule has 1 aromatic heterocycles. The Kier molecular flexibility index (Phi) is 5.11. The lowest BCUT2D eigenvalue weighted by Crippen LogP contribution is -2.47. The average Bonchev–Trinajstić information content (AvgIpc) is 3.24. The summed E-state index contributed by atoms with van der Waals surface area (Å²) in [5, 5.41) is 23.0. The highest BCUT2D eigenvalue weighted by Crippen LogP contribution is 2.34. The number of carbonyl (C=O) groups excluding carboxylic acids is 1. The number of nitrogens with zero attached hydrogens (tertiary/aromatic N) is 5. The number of tetrazole rings is 1. The van der Waals surface area contributed by atoms with E-state index in [-0.39, 0.29) is 5.91 Å². The van der Waals surface area contributed by atoms with E-state index in [1.807, 2.05) is 42.5 Å². The van der Waals surface area contributed by atoms with Crippen molar-refractivity contribution in [3.05, 3.63) is 77.1 Å². The SMILES string of the molecule is O=C([C@H](c1ccccc1)n1cnnn1)N1CCC(O)(c2ccc(Cl)cc2)CC1. The molecule has 4 rings (SSSR count). The zero-order chi connectivity index (χ0) is 19.6. The van der Waals surface area contributed by atoms with Gasteiger partial charge in [0.1, 0.15) is 6.33 Å². The van der Waals surface area contributed by atoms with Crippen LogP contribution in [0.25, 0.3) is 0 Å². The number of aromatic nitrogens is 4. The maximum Gasteiger partial charge on any atom is 0.252 e. The largest absolute Gasteiger partial charge is 0.385 e. The van der Waals surface area contributed by atoms with Crippen LogP contribution in [-0.2, 0) is 10.4 Å². The molecule has 0 saturated carbocycles. The Morgan fingerprint density at radius 1 is 1.07 bits per heavy atom. The topological polar surface area (TPSA) is 84.1 Å². The predicted octanol–water partition coefficient (Wildman–Crippen LogP) is 2.43. The lowest BCUT2D eigenvalue weighted by molar-refractivity contribution is -0.138. The van der Waals surface area contributed by atoms with Gasteiger partial charge < -0.3 is 10.0 Å². The number of likely N-dealkylation sites (tertiary alicyclic amines) is 1. The van der Waals surface area contributed by atoms with E-state index in [4.69, 9.17) is 11.6 Å². The molecule has 3 aromatic rings. The molecule has 1 N–H and O–H groups in total. The summed E-state index contributed by atoms with van der Waals surface area (Å²) in [6.07, 6.45) is 2.36. The normalized spacial score (nSPS) is 17.3. The number of hydrogen-bond donors (Lipinski definition) is 1. The third-order valence-electron chi connectivity index (χ3n) is 5.26. The van der Waals surface area contributed by atoms with Gasteiger partial charge in [-0.25, -0.2) is 4.68 Å². The third kappa shape index (κ3) is 3.63. The van der Waals surface area contributed by atoms with E-state index in [1.54, 1.807) is 17.0 Å². The van der Waals surface area contributed by atoms with Crippen LogP contribution in [0.5, 0.6) is 0 Å². The number of piperidine rings is 1. The Morgan fingerprint density at radius 3 is 2.36 bits per heavy atom. The quantitative estimate of drug-likeness (QED) is 0.730. The van der Waals surface area contributed by atoms with Crippen molar-refractivity contribution in [1.82, 2.24) is 25.1 Å². The van der Waals surface area contributed by atoms with Gasteiger partial charge in [0.2, 0.25) is 0 Å². The summed E-state index contributed by atoms with van der Waals surface area (Å²) < 4.78 is 1.47. The standard InChI is InChI=1S/C20H20ClN5O2/c21-17-8-6-16(7-9-17)20(28)10-12-25(13-11-20)19(27)18(26-14-22-23-24-26)15-4-2-1-3-5-15/h1-9,14,18,28H,10-13H2/t18-/m0/s1. The van der Waals surface area contributed by atoms with Gasteiger partial charge in [0, 0.05) is 18.1 Å². The molecule has 1 saturated heterocycles. The number of aliphatic hydroxyl groups is 1. The molecule has 1 fully saturated rings. The molecule has 1 atom stereocenters. The van der Waals surface area contributed by atoms with Crippen LogP contribution in [0, 0.1) is 0 Å². The number of carbonyl (C=O) groups is 1. The number of amides is 1. The molecule has 1 aliphatic heterocycles. The van der Waals surface area contributed by atoms with Gasteiger partial charge in [-0.1, -0.05) is 54.1 Å². The Bertz CT molecular complexity index is 923. The number of benzene rings is 2. The van der Waals surface area contributed by atoms with E-state index >= 15 is 0 Å². The summed E-state index contributed by atoms with van der Waals surface area (Å²) in [5.41, 5.74) is 0.681. The Hall–Kier alpha value is -2.77. The van der Waals surface area contributed by atoms with Crippen LogP contribution in [0.15, 0.2) is 60.9 Å². The van der Waals surface area contributed by atoms with Crippen molar-refractivity contribution >= 4 is 17.5 Å². The van der Waals surface area contributed by atoms with Gasteiger partial charge in [-0.15, -0.1) is 5.10 Å². The first-order valence-corrected chi connectivity index (χ1v) is 9.49. The molecule has 1 amide bonds. The van der Waals surface area contributed by atoms with E-state index in [2.05, 4.69) is 15.5 Å². The molecule has 0 bridgehead atoms. The zero-order valence-electron chi connectivity index (χ0n) is 15.1. The van der Waals surface area contributed by atoms with Crippen LogP contribution in [0.1, 0.15) is 30.0 Å².